The number of benzene rings is 1. The standard InChI is InChI=1S/C18H30N4O3S2.HI/c1-16-4-6-17(7-5-16)25-12-9-21(3)18(19-2)20-8-15-27(23,24)22-10-13-26-14-11-22;/h4-7H,8-15H2,1-3H3,(H,19,20);1H. The molecule has 1 aliphatic heterocycles. The van der Waals surface area contributed by atoms with Gasteiger partial charge in [0.1, 0.15) is 12.4 Å². The highest BCUT2D eigenvalue weighted by Crippen LogP contribution is 2.13. The van der Waals surface area contributed by atoms with Crippen molar-refractivity contribution in [3.05, 3.63) is 29.8 Å². The third kappa shape index (κ3) is 8.34. The van der Waals surface area contributed by atoms with Gasteiger partial charge in [0, 0.05) is 45.2 Å². The van der Waals surface area contributed by atoms with E-state index in [1.54, 1.807) is 23.1 Å². The topological polar surface area (TPSA) is 74.2 Å². The lowest BCUT2D eigenvalue weighted by atomic mass is 10.2. The average Bonchev–Trinajstić information content (AvgIpc) is 2.67. The van der Waals surface area contributed by atoms with E-state index < -0.39 is 10.0 Å². The van der Waals surface area contributed by atoms with Gasteiger partial charge in [-0.1, -0.05) is 17.7 Å². The summed E-state index contributed by atoms with van der Waals surface area (Å²) in [5.41, 5.74) is 1.20. The van der Waals surface area contributed by atoms with Crippen LogP contribution in [0.3, 0.4) is 0 Å². The van der Waals surface area contributed by atoms with E-state index in [-0.39, 0.29) is 29.7 Å². The Morgan fingerprint density at radius 3 is 2.54 bits per heavy atom. The second-order valence-corrected chi connectivity index (χ2v) is 9.70. The molecule has 1 aromatic carbocycles. The predicted molar refractivity (Wildman–Crippen MR) is 129 cm³/mol. The van der Waals surface area contributed by atoms with Crippen molar-refractivity contribution in [1.29, 1.82) is 0 Å². The molecular weight excluding hydrogens is 511 g/mol. The van der Waals surface area contributed by atoms with Crippen LogP contribution in [0.15, 0.2) is 29.3 Å². The number of ether oxygens (including phenoxy) is 1. The van der Waals surface area contributed by atoms with Gasteiger partial charge in [-0.15, -0.1) is 24.0 Å². The van der Waals surface area contributed by atoms with E-state index in [9.17, 15) is 8.42 Å². The van der Waals surface area contributed by atoms with Crippen LogP contribution in [0, 0.1) is 6.92 Å². The molecule has 10 heteroatoms. The van der Waals surface area contributed by atoms with Gasteiger partial charge >= 0.3 is 0 Å². The van der Waals surface area contributed by atoms with E-state index in [2.05, 4.69) is 10.3 Å². The minimum absolute atomic E-state index is 0. The molecule has 1 aromatic rings. The van der Waals surface area contributed by atoms with Crippen LogP contribution in [0.5, 0.6) is 5.75 Å². The van der Waals surface area contributed by atoms with Crippen LogP contribution in [0.25, 0.3) is 0 Å². The lowest BCUT2D eigenvalue weighted by Crippen LogP contribution is -2.45. The maximum atomic E-state index is 12.4. The number of halogens is 1. The van der Waals surface area contributed by atoms with Crippen LogP contribution in [0.2, 0.25) is 0 Å². The number of nitrogens with one attached hydrogen (secondary N) is 1. The maximum absolute atomic E-state index is 12.4. The van der Waals surface area contributed by atoms with Crippen LogP contribution in [0.4, 0.5) is 0 Å². The van der Waals surface area contributed by atoms with Crippen molar-refractivity contribution in [1.82, 2.24) is 14.5 Å². The molecule has 1 aliphatic rings. The Balaban J connectivity index is 0.00000392. The molecule has 0 atom stereocenters. The quantitative estimate of drug-likeness (QED) is 0.307. The van der Waals surface area contributed by atoms with Crippen LogP contribution < -0.4 is 10.1 Å². The van der Waals surface area contributed by atoms with E-state index >= 15 is 0 Å². The summed E-state index contributed by atoms with van der Waals surface area (Å²) in [6.07, 6.45) is 0. The fourth-order valence-corrected chi connectivity index (χ4v) is 5.16. The molecule has 0 bridgehead atoms. The van der Waals surface area contributed by atoms with Crippen molar-refractivity contribution in [2.24, 2.45) is 4.99 Å². The molecule has 0 unspecified atom stereocenters. The van der Waals surface area contributed by atoms with Crippen molar-refractivity contribution in [2.75, 3.05) is 64.1 Å². The van der Waals surface area contributed by atoms with Crippen LogP contribution in [-0.4, -0.2) is 87.7 Å². The van der Waals surface area contributed by atoms with E-state index in [0.717, 1.165) is 17.3 Å². The Bertz CT molecular complexity index is 708. The van der Waals surface area contributed by atoms with Crippen molar-refractivity contribution in [3.63, 3.8) is 0 Å². The van der Waals surface area contributed by atoms with Crippen LogP contribution >= 0.6 is 35.7 Å². The number of likely N-dealkylation sites (N-methyl/N-ethyl adjacent to an activating group) is 1. The summed E-state index contributed by atoms with van der Waals surface area (Å²) in [4.78, 5) is 6.15. The van der Waals surface area contributed by atoms with Gasteiger partial charge in [0.05, 0.1) is 12.3 Å². The lowest BCUT2D eigenvalue weighted by molar-refractivity contribution is 0.281. The summed E-state index contributed by atoms with van der Waals surface area (Å²) < 4.78 is 32.1. The summed E-state index contributed by atoms with van der Waals surface area (Å²) in [6.45, 7) is 4.75. The normalized spacial score (nSPS) is 15.6. The maximum Gasteiger partial charge on any atom is 0.215 e. The van der Waals surface area contributed by atoms with Gasteiger partial charge in [-0.05, 0) is 19.1 Å². The highest BCUT2D eigenvalue weighted by atomic mass is 127. The molecule has 0 spiro atoms. The second-order valence-electron chi connectivity index (χ2n) is 6.38. The summed E-state index contributed by atoms with van der Waals surface area (Å²) in [7, 11) is 0.387. The third-order valence-corrected chi connectivity index (χ3v) is 7.11. The number of aliphatic imine (C=N–C) groups is 1. The molecule has 1 heterocycles. The Kier molecular flexibility index (Phi) is 11.5. The Morgan fingerprint density at radius 2 is 1.93 bits per heavy atom. The highest BCUT2D eigenvalue weighted by molar-refractivity contribution is 14.0. The molecule has 0 aliphatic carbocycles. The van der Waals surface area contributed by atoms with Crippen LogP contribution in [-0.2, 0) is 10.0 Å². The molecule has 0 radical (unpaired) electrons. The Morgan fingerprint density at radius 1 is 1.29 bits per heavy atom. The first-order chi connectivity index (χ1) is 12.9. The van der Waals surface area contributed by atoms with Gasteiger partial charge in [0.2, 0.25) is 10.0 Å². The van der Waals surface area contributed by atoms with Gasteiger partial charge < -0.3 is 15.0 Å². The van der Waals surface area contributed by atoms with Crippen molar-refractivity contribution < 1.29 is 13.2 Å². The van der Waals surface area contributed by atoms with Crippen molar-refractivity contribution >= 4 is 51.7 Å². The molecule has 160 valence electrons. The Labute approximate surface area is 190 Å². The Hall–Kier alpha value is -0.720. The van der Waals surface area contributed by atoms with Gasteiger partial charge in [-0.25, -0.2) is 12.7 Å². The predicted octanol–water partition coefficient (Wildman–Crippen LogP) is 1.88. The molecular formula is C18H31IN4O3S2. The van der Waals surface area contributed by atoms with E-state index in [1.165, 1.54) is 5.56 Å². The second kappa shape index (κ2) is 12.8. The minimum Gasteiger partial charge on any atom is -0.492 e. The van der Waals surface area contributed by atoms with Gasteiger partial charge in [-0.3, -0.25) is 4.99 Å². The molecule has 0 aromatic heterocycles. The average molecular weight is 543 g/mol. The number of hydrogen-bond acceptors (Lipinski definition) is 5. The fraction of sp³-hybridized carbons (Fsp3) is 0.611. The number of sulfonamides is 1. The number of aryl methyl sites for hydroxylation is 1. The number of thioether (sulfide) groups is 1. The van der Waals surface area contributed by atoms with Gasteiger partial charge in [0.15, 0.2) is 5.96 Å². The third-order valence-electron chi connectivity index (χ3n) is 4.30. The number of nitrogens with zero attached hydrogens (tertiary/aromatic N) is 3. The summed E-state index contributed by atoms with van der Waals surface area (Å²) in [6, 6.07) is 7.93. The van der Waals surface area contributed by atoms with Crippen molar-refractivity contribution in [3.8, 4) is 5.75 Å². The first-order valence-corrected chi connectivity index (χ1v) is 11.9. The summed E-state index contributed by atoms with van der Waals surface area (Å²) >= 11 is 1.80. The van der Waals surface area contributed by atoms with E-state index in [4.69, 9.17) is 4.74 Å². The molecule has 7 nitrogen and oxygen atoms in total. The summed E-state index contributed by atoms with van der Waals surface area (Å²) in [5.74, 6) is 3.31. The van der Waals surface area contributed by atoms with E-state index in [0.29, 0.717) is 38.7 Å². The SMILES string of the molecule is CN=C(NCCS(=O)(=O)N1CCSCC1)N(C)CCOc1ccc(C)cc1.I. The molecule has 1 N–H and O–H groups in total. The molecule has 1 saturated heterocycles. The fourth-order valence-electron chi connectivity index (χ4n) is 2.67. The number of hydrogen-bond donors (Lipinski definition) is 1. The zero-order valence-electron chi connectivity index (χ0n) is 16.8. The first-order valence-electron chi connectivity index (χ1n) is 9.09. The zero-order chi connectivity index (χ0) is 19.7. The molecule has 28 heavy (non-hydrogen) atoms. The van der Waals surface area contributed by atoms with Crippen LogP contribution in [0.1, 0.15) is 5.56 Å². The summed E-state index contributed by atoms with van der Waals surface area (Å²) in [5, 5.41) is 3.13. The molecule has 0 amide bonds. The molecule has 1 fully saturated rings. The zero-order valence-corrected chi connectivity index (χ0v) is 20.7. The lowest BCUT2D eigenvalue weighted by Gasteiger charge is -2.26. The highest BCUT2D eigenvalue weighted by Gasteiger charge is 2.23. The van der Waals surface area contributed by atoms with Gasteiger partial charge in [-0.2, -0.15) is 11.8 Å². The largest absolute Gasteiger partial charge is 0.492 e. The smallest absolute Gasteiger partial charge is 0.215 e. The molecule has 2 rings (SSSR count). The van der Waals surface area contributed by atoms with E-state index in [1.807, 2.05) is 43.1 Å². The van der Waals surface area contributed by atoms with Gasteiger partial charge in [0.25, 0.3) is 0 Å². The monoisotopic (exact) mass is 542 g/mol. The first kappa shape index (κ1) is 25.3. The van der Waals surface area contributed by atoms with Crippen molar-refractivity contribution in [2.45, 2.75) is 6.92 Å². The minimum atomic E-state index is -3.21. The number of rotatable bonds is 8. The number of guanidine groups is 1. The molecule has 0 saturated carbocycles.